The van der Waals surface area contributed by atoms with Crippen molar-refractivity contribution in [3.63, 3.8) is 0 Å². The smallest absolute Gasteiger partial charge is 0.338 e. The fourth-order valence-corrected chi connectivity index (χ4v) is 4.86. The Morgan fingerprint density at radius 3 is 2.41 bits per heavy atom. The maximum absolute atomic E-state index is 13.4. The van der Waals surface area contributed by atoms with Gasteiger partial charge in [-0.1, -0.05) is 19.9 Å². The van der Waals surface area contributed by atoms with Gasteiger partial charge in [0, 0.05) is 18.9 Å². The Balaban J connectivity index is 3.13. The minimum Gasteiger partial charge on any atom is -0.388 e. The molecule has 0 aliphatic carbocycles. The molecule has 0 radical (unpaired) electrons. The first-order valence-corrected chi connectivity index (χ1v) is 10.8. The summed E-state index contributed by atoms with van der Waals surface area (Å²) in [5.41, 5.74) is 0.172. The molecule has 0 aromatic carbocycles. The number of nitrogens with zero attached hydrogens (tertiary/aromatic N) is 1. The summed E-state index contributed by atoms with van der Waals surface area (Å²) in [6.45, 7) is 9.40. The number of carbonyl (C=O) groups is 1. The highest BCUT2D eigenvalue weighted by Crippen LogP contribution is 2.55. The molecule has 0 aliphatic rings. The number of rotatable bonds is 11. The number of aromatic nitrogens is 1. The van der Waals surface area contributed by atoms with E-state index in [0.29, 0.717) is 5.56 Å². The molecule has 1 aromatic heterocycles. The van der Waals surface area contributed by atoms with E-state index in [4.69, 9.17) is 9.05 Å². The Bertz CT molecular complexity index is 653. The molecule has 1 aromatic rings. The number of hydrogen-bond acceptors (Lipinski definition) is 6. The van der Waals surface area contributed by atoms with E-state index in [1.165, 1.54) is 6.20 Å². The largest absolute Gasteiger partial charge is 0.388 e. The zero-order valence-corrected chi connectivity index (χ0v) is 17.6. The molecule has 0 fully saturated rings. The molecule has 27 heavy (non-hydrogen) atoms. The quantitative estimate of drug-likeness (QED) is 0.438. The van der Waals surface area contributed by atoms with Crippen molar-refractivity contribution in [3.05, 3.63) is 41.7 Å². The van der Waals surface area contributed by atoms with Crippen molar-refractivity contribution in [2.75, 3.05) is 19.8 Å². The van der Waals surface area contributed by atoms with Crippen LogP contribution >= 0.6 is 7.60 Å². The van der Waals surface area contributed by atoms with Gasteiger partial charge in [-0.05, 0) is 44.4 Å². The molecule has 7 nitrogen and oxygen atoms in total. The summed E-state index contributed by atoms with van der Waals surface area (Å²) in [6.07, 6.45) is 3.74. The predicted octanol–water partition coefficient (Wildman–Crippen LogP) is 3.41. The van der Waals surface area contributed by atoms with Crippen LogP contribution in [0.25, 0.3) is 0 Å². The van der Waals surface area contributed by atoms with Gasteiger partial charge in [0.25, 0.3) is 5.91 Å². The van der Waals surface area contributed by atoms with Crippen molar-refractivity contribution in [2.45, 2.75) is 46.4 Å². The van der Waals surface area contributed by atoms with Gasteiger partial charge in [0.15, 0.2) is 0 Å². The van der Waals surface area contributed by atoms with Crippen molar-refractivity contribution >= 4 is 13.5 Å². The van der Waals surface area contributed by atoms with Gasteiger partial charge in [0.1, 0.15) is 5.66 Å². The molecule has 2 N–H and O–H groups in total. The van der Waals surface area contributed by atoms with E-state index < -0.39 is 19.4 Å². The molecule has 0 spiro atoms. The van der Waals surface area contributed by atoms with Gasteiger partial charge in [-0.15, -0.1) is 0 Å². The summed E-state index contributed by atoms with van der Waals surface area (Å²) in [7, 11) is -3.66. The minimum atomic E-state index is -3.66. The highest BCUT2D eigenvalue weighted by Gasteiger charge is 2.42. The standard InChI is InChI=1S/C19H31N2O5P/c1-6-16(14(4)5)18(22)17(27(24,25-7-2)26-8-3)13-21-19(23)15-10-9-11-20-12-15/h6,9-12,14,17-18,22H,7-8,13H2,1-5H3,(H,21,23)/b16-6+. The van der Waals surface area contributed by atoms with Crippen LogP contribution in [-0.4, -0.2) is 47.5 Å². The van der Waals surface area contributed by atoms with Crippen molar-refractivity contribution in [1.29, 1.82) is 0 Å². The van der Waals surface area contributed by atoms with Gasteiger partial charge < -0.3 is 19.5 Å². The van der Waals surface area contributed by atoms with Crippen molar-refractivity contribution in [3.8, 4) is 0 Å². The maximum atomic E-state index is 13.4. The molecule has 1 amide bonds. The number of aliphatic hydroxyl groups is 1. The summed E-state index contributed by atoms with van der Waals surface area (Å²) >= 11 is 0. The average molecular weight is 398 g/mol. The zero-order valence-electron chi connectivity index (χ0n) is 16.7. The molecule has 1 rings (SSSR count). The van der Waals surface area contributed by atoms with E-state index in [1.54, 1.807) is 38.3 Å². The Labute approximate surface area is 161 Å². The van der Waals surface area contributed by atoms with Crippen LogP contribution in [0, 0.1) is 5.92 Å². The molecule has 2 atom stereocenters. The molecule has 0 saturated carbocycles. The van der Waals surface area contributed by atoms with Crippen LogP contribution in [0.15, 0.2) is 36.2 Å². The molecular formula is C19H31N2O5P. The Morgan fingerprint density at radius 2 is 1.96 bits per heavy atom. The third-order valence-electron chi connectivity index (χ3n) is 4.13. The van der Waals surface area contributed by atoms with Crippen molar-refractivity contribution in [1.82, 2.24) is 10.3 Å². The number of hydrogen-bond donors (Lipinski definition) is 2. The van der Waals surface area contributed by atoms with Crippen LogP contribution < -0.4 is 5.32 Å². The lowest BCUT2D eigenvalue weighted by atomic mass is 9.95. The fourth-order valence-electron chi connectivity index (χ4n) is 2.85. The normalized spacial score (nSPS) is 14.9. The summed E-state index contributed by atoms with van der Waals surface area (Å²) in [5.74, 6) is -0.329. The lowest BCUT2D eigenvalue weighted by molar-refractivity contribution is 0.0942. The number of allylic oxidation sites excluding steroid dienone is 1. The maximum Gasteiger partial charge on any atom is 0.338 e. The van der Waals surface area contributed by atoms with Crippen LogP contribution in [0.1, 0.15) is 45.0 Å². The average Bonchev–Trinajstić information content (AvgIpc) is 2.63. The Hall–Kier alpha value is -1.53. The first kappa shape index (κ1) is 23.5. The molecule has 152 valence electrons. The van der Waals surface area contributed by atoms with E-state index in [2.05, 4.69) is 10.3 Å². The van der Waals surface area contributed by atoms with Gasteiger partial charge in [-0.3, -0.25) is 14.3 Å². The number of pyridine rings is 1. The molecular weight excluding hydrogens is 367 g/mol. The number of carbonyl (C=O) groups excluding carboxylic acids is 1. The van der Waals surface area contributed by atoms with Gasteiger partial charge in [-0.25, -0.2) is 0 Å². The topological polar surface area (TPSA) is 97.8 Å². The number of amides is 1. The lowest BCUT2D eigenvalue weighted by Crippen LogP contribution is -2.41. The highest BCUT2D eigenvalue weighted by molar-refractivity contribution is 7.54. The summed E-state index contributed by atoms with van der Waals surface area (Å²) in [6, 6.07) is 3.28. The molecule has 0 bridgehead atoms. The Morgan fingerprint density at radius 1 is 1.33 bits per heavy atom. The van der Waals surface area contributed by atoms with Crippen molar-refractivity contribution in [2.24, 2.45) is 5.92 Å². The predicted molar refractivity (Wildman–Crippen MR) is 106 cm³/mol. The minimum absolute atomic E-state index is 0.0400. The van der Waals surface area contributed by atoms with E-state index in [9.17, 15) is 14.5 Å². The second kappa shape index (κ2) is 11.3. The third-order valence-corrected chi connectivity index (χ3v) is 6.64. The van der Waals surface area contributed by atoms with Crippen LogP contribution in [0.5, 0.6) is 0 Å². The lowest BCUT2D eigenvalue weighted by Gasteiger charge is -2.32. The van der Waals surface area contributed by atoms with Crippen LogP contribution in [0.3, 0.4) is 0 Å². The second-order valence-electron chi connectivity index (χ2n) is 6.28. The first-order chi connectivity index (χ1) is 12.8. The van der Waals surface area contributed by atoms with Crippen molar-refractivity contribution < 1.29 is 23.5 Å². The van der Waals surface area contributed by atoms with E-state index in [0.717, 1.165) is 5.57 Å². The highest BCUT2D eigenvalue weighted by atomic mass is 31.2. The molecule has 0 saturated heterocycles. The van der Waals surface area contributed by atoms with E-state index in [-0.39, 0.29) is 31.6 Å². The van der Waals surface area contributed by atoms with Gasteiger partial charge in [0.05, 0.1) is 24.9 Å². The molecule has 8 heteroatoms. The van der Waals surface area contributed by atoms with E-state index >= 15 is 0 Å². The molecule has 2 unspecified atom stereocenters. The van der Waals surface area contributed by atoms with Gasteiger partial charge in [-0.2, -0.15) is 0 Å². The number of nitrogens with one attached hydrogen (secondary N) is 1. The summed E-state index contributed by atoms with van der Waals surface area (Å²) in [5, 5.41) is 13.7. The monoisotopic (exact) mass is 398 g/mol. The van der Waals surface area contributed by atoms with Gasteiger partial charge >= 0.3 is 7.60 Å². The summed E-state index contributed by atoms with van der Waals surface area (Å²) in [4.78, 5) is 16.3. The summed E-state index contributed by atoms with van der Waals surface area (Å²) < 4.78 is 24.2. The third kappa shape index (κ3) is 6.54. The van der Waals surface area contributed by atoms with Crippen LogP contribution in [0.2, 0.25) is 0 Å². The van der Waals surface area contributed by atoms with Gasteiger partial charge in [0.2, 0.25) is 0 Å². The second-order valence-corrected chi connectivity index (χ2v) is 8.54. The first-order valence-electron chi connectivity index (χ1n) is 9.21. The van der Waals surface area contributed by atoms with Crippen LogP contribution in [-0.2, 0) is 13.6 Å². The molecule has 0 aliphatic heterocycles. The fraction of sp³-hybridized carbons (Fsp3) is 0.579. The van der Waals surface area contributed by atoms with Crippen LogP contribution in [0.4, 0.5) is 0 Å². The Kier molecular flexibility index (Phi) is 9.88. The zero-order chi connectivity index (χ0) is 20.4. The van der Waals surface area contributed by atoms with E-state index in [1.807, 2.05) is 20.8 Å². The number of aliphatic hydroxyl groups excluding tert-OH is 1. The molecule has 1 heterocycles. The SMILES string of the molecule is C/C=C(\C(C)C)C(O)C(CNC(=O)c1cccnc1)P(=O)(OCC)OCC.